The zero-order valence-corrected chi connectivity index (χ0v) is 14.2. The molecule has 23 heavy (non-hydrogen) atoms. The van der Waals surface area contributed by atoms with Gasteiger partial charge in [0.1, 0.15) is 0 Å². The number of carbonyl (C=O) groups excluding carboxylic acids is 1. The van der Waals surface area contributed by atoms with Crippen molar-refractivity contribution in [1.82, 2.24) is 5.32 Å². The van der Waals surface area contributed by atoms with Crippen LogP contribution in [-0.2, 0) is 16.6 Å². The number of sulfonamides is 1. The van der Waals surface area contributed by atoms with Crippen molar-refractivity contribution in [2.75, 3.05) is 16.6 Å². The Morgan fingerprint density at radius 1 is 1.17 bits per heavy atom. The van der Waals surface area contributed by atoms with Gasteiger partial charge in [-0.2, -0.15) is 0 Å². The SMILES string of the molecule is O=C(NCc1cccs1)c1ccc(N2CCCCS2(=O)=O)cc1. The molecule has 1 saturated heterocycles. The molecule has 0 unspecified atom stereocenters. The van der Waals surface area contributed by atoms with Crippen LogP contribution in [0.4, 0.5) is 5.69 Å². The van der Waals surface area contributed by atoms with Gasteiger partial charge >= 0.3 is 0 Å². The topological polar surface area (TPSA) is 66.5 Å². The maximum absolute atomic E-state index is 12.1. The highest BCUT2D eigenvalue weighted by atomic mass is 32.2. The van der Waals surface area contributed by atoms with Gasteiger partial charge in [-0.05, 0) is 48.6 Å². The number of nitrogens with one attached hydrogen (secondary N) is 1. The van der Waals surface area contributed by atoms with Crippen molar-refractivity contribution in [2.45, 2.75) is 19.4 Å². The summed E-state index contributed by atoms with van der Waals surface area (Å²) < 4.78 is 25.6. The first-order chi connectivity index (χ1) is 11.1. The van der Waals surface area contributed by atoms with Gasteiger partial charge in [0.2, 0.25) is 10.0 Å². The number of hydrogen-bond acceptors (Lipinski definition) is 4. The Balaban J connectivity index is 1.68. The maximum Gasteiger partial charge on any atom is 0.251 e. The summed E-state index contributed by atoms with van der Waals surface area (Å²) in [5.41, 5.74) is 1.15. The lowest BCUT2D eigenvalue weighted by molar-refractivity contribution is 0.0951. The summed E-state index contributed by atoms with van der Waals surface area (Å²) in [6.45, 7) is 1.00. The predicted molar refractivity (Wildman–Crippen MR) is 92.3 cm³/mol. The summed E-state index contributed by atoms with van der Waals surface area (Å²) >= 11 is 1.59. The van der Waals surface area contributed by atoms with Gasteiger partial charge in [0, 0.05) is 17.0 Å². The molecular formula is C16H18N2O3S2. The van der Waals surface area contributed by atoms with Crippen LogP contribution in [0.1, 0.15) is 28.1 Å². The van der Waals surface area contributed by atoms with Gasteiger partial charge in [0.15, 0.2) is 0 Å². The van der Waals surface area contributed by atoms with Crippen molar-refractivity contribution < 1.29 is 13.2 Å². The van der Waals surface area contributed by atoms with Crippen LogP contribution >= 0.6 is 11.3 Å². The van der Waals surface area contributed by atoms with Crippen molar-refractivity contribution in [3.05, 3.63) is 52.2 Å². The second-order valence-electron chi connectivity index (χ2n) is 5.40. The molecule has 3 rings (SSSR count). The van der Waals surface area contributed by atoms with Crippen molar-refractivity contribution in [3.8, 4) is 0 Å². The number of thiophene rings is 1. The van der Waals surface area contributed by atoms with Crippen LogP contribution in [0.2, 0.25) is 0 Å². The zero-order chi connectivity index (χ0) is 16.3. The highest BCUT2D eigenvalue weighted by molar-refractivity contribution is 7.92. The minimum absolute atomic E-state index is 0.161. The van der Waals surface area contributed by atoms with E-state index >= 15 is 0 Å². The predicted octanol–water partition coefficient (Wildman–Crippen LogP) is 2.61. The number of amides is 1. The summed E-state index contributed by atoms with van der Waals surface area (Å²) in [5, 5.41) is 4.82. The Bertz CT molecular complexity index is 768. The van der Waals surface area contributed by atoms with E-state index in [9.17, 15) is 13.2 Å². The third-order valence-electron chi connectivity index (χ3n) is 3.77. The van der Waals surface area contributed by atoms with Crippen molar-refractivity contribution in [1.29, 1.82) is 0 Å². The van der Waals surface area contributed by atoms with Crippen LogP contribution in [0, 0.1) is 0 Å². The summed E-state index contributed by atoms with van der Waals surface area (Å²) in [5.74, 6) is 0.0298. The molecular weight excluding hydrogens is 332 g/mol. The quantitative estimate of drug-likeness (QED) is 0.922. The molecule has 1 aromatic heterocycles. The summed E-state index contributed by atoms with van der Waals surface area (Å²) in [6, 6.07) is 10.6. The molecule has 0 saturated carbocycles. The molecule has 5 nitrogen and oxygen atoms in total. The first kappa shape index (κ1) is 16.0. The average Bonchev–Trinajstić information content (AvgIpc) is 3.06. The van der Waals surface area contributed by atoms with Gasteiger partial charge in [0.05, 0.1) is 18.0 Å². The molecule has 0 atom stereocenters. The summed E-state index contributed by atoms with van der Waals surface area (Å²) in [4.78, 5) is 13.2. The Morgan fingerprint density at radius 3 is 2.61 bits per heavy atom. The van der Waals surface area contributed by atoms with Gasteiger partial charge in [-0.1, -0.05) is 6.07 Å². The number of anilines is 1. The standard InChI is InChI=1S/C16H18N2O3S2/c19-16(17-12-15-4-3-10-22-15)13-5-7-14(8-6-13)18-9-1-2-11-23(18,20)21/h3-8,10H,1-2,9,11-12H2,(H,17,19). The van der Waals surface area contributed by atoms with Crippen LogP contribution in [-0.4, -0.2) is 26.6 Å². The van der Waals surface area contributed by atoms with Crippen LogP contribution in [0.3, 0.4) is 0 Å². The van der Waals surface area contributed by atoms with E-state index in [0.717, 1.165) is 11.3 Å². The smallest absolute Gasteiger partial charge is 0.251 e. The largest absolute Gasteiger partial charge is 0.347 e. The molecule has 7 heteroatoms. The molecule has 1 fully saturated rings. The first-order valence-corrected chi connectivity index (χ1v) is 9.96. The van der Waals surface area contributed by atoms with E-state index < -0.39 is 10.0 Å². The van der Waals surface area contributed by atoms with E-state index in [2.05, 4.69) is 5.32 Å². The van der Waals surface area contributed by atoms with Crippen LogP contribution in [0.25, 0.3) is 0 Å². The van der Waals surface area contributed by atoms with Gasteiger partial charge in [-0.3, -0.25) is 9.10 Å². The third-order valence-corrected chi connectivity index (χ3v) is 6.52. The van der Waals surface area contributed by atoms with Crippen molar-refractivity contribution >= 4 is 33.0 Å². The Morgan fingerprint density at radius 2 is 1.96 bits per heavy atom. The normalized spacial score (nSPS) is 17.0. The maximum atomic E-state index is 12.1. The zero-order valence-electron chi connectivity index (χ0n) is 12.6. The minimum Gasteiger partial charge on any atom is -0.347 e. The second kappa shape index (κ2) is 6.72. The van der Waals surface area contributed by atoms with Gasteiger partial charge in [0.25, 0.3) is 5.91 Å². The van der Waals surface area contributed by atoms with Crippen LogP contribution in [0.5, 0.6) is 0 Å². The highest BCUT2D eigenvalue weighted by Gasteiger charge is 2.25. The molecule has 0 bridgehead atoms. The molecule has 1 aromatic carbocycles. The van der Waals surface area contributed by atoms with Crippen molar-refractivity contribution in [2.24, 2.45) is 0 Å². The molecule has 1 N–H and O–H groups in total. The molecule has 0 aliphatic carbocycles. The van der Waals surface area contributed by atoms with Gasteiger partial charge in [-0.15, -0.1) is 11.3 Å². The molecule has 2 heterocycles. The van der Waals surface area contributed by atoms with Crippen LogP contribution in [0.15, 0.2) is 41.8 Å². The fraction of sp³-hybridized carbons (Fsp3) is 0.312. The third kappa shape index (κ3) is 3.73. The number of hydrogen-bond donors (Lipinski definition) is 1. The van der Waals surface area contributed by atoms with E-state index in [1.807, 2.05) is 17.5 Å². The lowest BCUT2D eigenvalue weighted by Gasteiger charge is -2.28. The van der Waals surface area contributed by atoms with Crippen molar-refractivity contribution in [3.63, 3.8) is 0 Å². The monoisotopic (exact) mass is 350 g/mol. The van der Waals surface area contributed by atoms with Crippen LogP contribution < -0.4 is 9.62 Å². The summed E-state index contributed by atoms with van der Waals surface area (Å²) in [7, 11) is -3.22. The molecule has 1 amide bonds. The molecule has 1 aliphatic heterocycles. The lowest BCUT2D eigenvalue weighted by atomic mass is 10.2. The van der Waals surface area contributed by atoms with E-state index in [-0.39, 0.29) is 11.7 Å². The van der Waals surface area contributed by atoms with Gasteiger partial charge < -0.3 is 5.32 Å². The first-order valence-electron chi connectivity index (χ1n) is 7.47. The summed E-state index contributed by atoms with van der Waals surface area (Å²) in [6.07, 6.45) is 1.57. The Hall–Kier alpha value is -1.86. The average molecular weight is 350 g/mol. The Kier molecular flexibility index (Phi) is 4.68. The Labute approximate surface area is 140 Å². The number of benzene rings is 1. The van der Waals surface area contributed by atoms with E-state index in [4.69, 9.17) is 0 Å². The highest BCUT2D eigenvalue weighted by Crippen LogP contribution is 2.23. The van der Waals surface area contributed by atoms with E-state index in [1.165, 1.54) is 4.31 Å². The number of carbonyl (C=O) groups is 1. The van der Waals surface area contributed by atoms with E-state index in [1.54, 1.807) is 35.6 Å². The molecule has 0 radical (unpaired) electrons. The molecule has 122 valence electrons. The molecule has 0 spiro atoms. The fourth-order valence-corrected chi connectivity index (χ4v) is 4.82. The minimum atomic E-state index is -3.22. The fourth-order valence-electron chi connectivity index (χ4n) is 2.54. The molecule has 2 aromatic rings. The molecule has 1 aliphatic rings. The van der Waals surface area contributed by atoms with Gasteiger partial charge in [-0.25, -0.2) is 8.42 Å². The number of rotatable bonds is 4. The second-order valence-corrected chi connectivity index (χ2v) is 8.45. The number of nitrogens with zero attached hydrogens (tertiary/aromatic N) is 1. The van der Waals surface area contributed by atoms with E-state index in [0.29, 0.717) is 30.8 Å². The lowest BCUT2D eigenvalue weighted by Crippen LogP contribution is -2.37.